The second-order valence-electron chi connectivity index (χ2n) is 3.18. The van der Waals surface area contributed by atoms with Crippen molar-refractivity contribution in [1.29, 1.82) is 0 Å². The summed E-state index contributed by atoms with van der Waals surface area (Å²) in [7, 11) is 0. The highest BCUT2D eigenvalue weighted by atomic mass is 32.1. The van der Waals surface area contributed by atoms with Crippen LogP contribution in [0.15, 0.2) is 10.9 Å². The summed E-state index contributed by atoms with van der Waals surface area (Å²) >= 11 is 1.28. The number of hydrogen-bond donors (Lipinski definition) is 2. The minimum Gasteiger partial charge on any atom is -0.487 e. The summed E-state index contributed by atoms with van der Waals surface area (Å²) in [4.78, 5) is 3.93. The van der Waals surface area contributed by atoms with E-state index < -0.39 is 0 Å². The van der Waals surface area contributed by atoms with Gasteiger partial charge >= 0.3 is 0 Å². The first-order valence-corrected chi connectivity index (χ1v) is 5.95. The summed E-state index contributed by atoms with van der Waals surface area (Å²) < 4.78 is 14.1. The molecule has 2 heterocycles. The zero-order valence-corrected chi connectivity index (χ0v) is 10.2. The second-order valence-corrected chi connectivity index (χ2v) is 3.96. The Bertz CT molecular complexity index is 456. The van der Waals surface area contributed by atoms with Gasteiger partial charge in [-0.25, -0.2) is 0 Å². The lowest BCUT2D eigenvalue weighted by Gasteiger charge is -2.06. The van der Waals surface area contributed by atoms with E-state index in [0.717, 1.165) is 5.00 Å². The van der Waals surface area contributed by atoms with Gasteiger partial charge in [-0.1, -0.05) is 5.16 Å². The molecule has 0 atom stereocenters. The van der Waals surface area contributed by atoms with Gasteiger partial charge in [0, 0.05) is 13.0 Å². The van der Waals surface area contributed by atoms with Gasteiger partial charge in [0.05, 0.1) is 6.61 Å². The van der Waals surface area contributed by atoms with Crippen molar-refractivity contribution < 1.29 is 9.26 Å². The third-order valence-corrected chi connectivity index (χ3v) is 2.80. The standard InChI is InChI=1S/C9H13N5O2S/c1-2-15-7-8(10)14-17-9(7)11-4-3-6-12-5-16-13-6/h5,11H,2-4H2,1H3,(H2,10,14). The number of rotatable bonds is 6. The molecular formula is C9H13N5O2S. The number of aromatic nitrogens is 3. The number of hydrogen-bond acceptors (Lipinski definition) is 8. The van der Waals surface area contributed by atoms with Crippen LogP contribution in [0.3, 0.4) is 0 Å². The SMILES string of the molecule is CCOc1c(N)nsc1NCCc1ncon1. The van der Waals surface area contributed by atoms with Gasteiger partial charge in [-0.2, -0.15) is 9.36 Å². The quantitative estimate of drug-likeness (QED) is 0.799. The third-order valence-electron chi connectivity index (χ3n) is 2.00. The first-order valence-electron chi connectivity index (χ1n) is 5.18. The van der Waals surface area contributed by atoms with Gasteiger partial charge in [0.1, 0.15) is 0 Å². The van der Waals surface area contributed by atoms with Crippen LogP contribution in [0.25, 0.3) is 0 Å². The van der Waals surface area contributed by atoms with Crippen LogP contribution in [0.1, 0.15) is 12.7 Å². The molecule has 7 nitrogen and oxygen atoms in total. The highest BCUT2D eigenvalue weighted by Gasteiger charge is 2.12. The summed E-state index contributed by atoms with van der Waals surface area (Å²) in [6, 6.07) is 0. The maximum absolute atomic E-state index is 5.69. The lowest BCUT2D eigenvalue weighted by atomic mass is 10.4. The van der Waals surface area contributed by atoms with Crippen molar-refractivity contribution in [3.63, 3.8) is 0 Å². The molecule has 0 spiro atoms. The van der Waals surface area contributed by atoms with E-state index in [-0.39, 0.29) is 0 Å². The van der Waals surface area contributed by atoms with Gasteiger partial charge in [0.2, 0.25) is 6.39 Å². The Balaban J connectivity index is 1.90. The van der Waals surface area contributed by atoms with Crippen LogP contribution in [0.4, 0.5) is 10.8 Å². The molecule has 0 unspecified atom stereocenters. The lowest BCUT2D eigenvalue weighted by Crippen LogP contribution is -2.06. The predicted molar refractivity (Wildman–Crippen MR) is 64.2 cm³/mol. The van der Waals surface area contributed by atoms with E-state index in [1.54, 1.807) is 0 Å². The minimum absolute atomic E-state index is 0.416. The molecule has 0 aliphatic carbocycles. The molecule has 92 valence electrons. The van der Waals surface area contributed by atoms with Crippen LogP contribution in [0.2, 0.25) is 0 Å². The smallest absolute Gasteiger partial charge is 0.213 e. The fourth-order valence-corrected chi connectivity index (χ4v) is 1.97. The molecule has 0 saturated heterocycles. The highest BCUT2D eigenvalue weighted by molar-refractivity contribution is 7.11. The molecule has 8 heteroatoms. The number of anilines is 2. The molecule has 2 aromatic rings. The van der Waals surface area contributed by atoms with Crippen LogP contribution in [-0.4, -0.2) is 27.7 Å². The first kappa shape index (κ1) is 11.6. The molecule has 2 rings (SSSR count). The van der Waals surface area contributed by atoms with Crippen LogP contribution >= 0.6 is 11.5 Å². The Labute approximate surface area is 102 Å². The Kier molecular flexibility index (Phi) is 3.76. The molecule has 0 aromatic carbocycles. The van der Waals surface area contributed by atoms with Crippen molar-refractivity contribution >= 4 is 22.4 Å². The normalized spacial score (nSPS) is 10.4. The number of nitrogen functional groups attached to an aromatic ring is 1. The van der Waals surface area contributed by atoms with Crippen molar-refractivity contribution in [3.05, 3.63) is 12.2 Å². The molecule has 0 aliphatic rings. The maximum Gasteiger partial charge on any atom is 0.213 e. The number of nitrogens with zero attached hydrogens (tertiary/aromatic N) is 3. The largest absolute Gasteiger partial charge is 0.487 e. The lowest BCUT2D eigenvalue weighted by molar-refractivity contribution is 0.344. The zero-order chi connectivity index (χ0) is 12.1. The first-order chi connectivity index (χ1) is 8.31. The average Bonchev–Trinajstić information content (AvgIpc) is 2.93. The summed E-state index contributed by atoms with van der Waals surface area (Å²) in [5, 5.41) is 7.73. The number of nitrogens with one attached hydrogen (secondary N) is 1. The molecule has 0 aliphatic heterocycles. The highest BCUT2D eigenvalue weighted by Crippen LogP contribution is 2.34. The summed E-state index contributed by atoms with van der Waals surface area (Å²) in [6.07, 6.45) is 1.98. The predicted octanol–water partition coefficient (Wildman–Crippen LogP) is 1.16. The topological polar surface area (TPSA) is 99.1 Å². The van der Waals surface area contributed by atoms with Crippen molar-refractivity contribution in [3.8, 4) is 5.75 Å². The Morgan fingerprint density at radius 1 is 1.59 bits per heavy atom. The van der Waals surface area contributed by atoms with Crippen molar-refractivity contribution in [1.82, 2.24) is 14.5 Å². The van der Waals surface area contributed by atoms with Crippen LogP contribution in [-0.2, 0) is 6.42 Å². The van der Waals surface area contributed by atoms with Gasteiger partial charge in [0.25, 0.3) is 0 Å². The van der Waals surface area contributed by atoms with E-state index in [1.807, 2.05) is 6.92 Å². The van der Waals surface area contributed by atoms with Gasteiger partial charge in [0.15, 0.2) is 22.4 Å². The molecule has 0 saturated carbocycles. The molecule has 0 fully saturated rings. The van der Waals surface area contributed by atoms with E-state index in [9.17, 15) is 0 Å². The van der Waals surface area contributed by atoms with E-state index in [1.165, 1.54) is 17.9 Å². The van der Waals surface area contributed by atoms with E-state index in [4.69, 9.17) is 10.5 Å². The van der Waals surface area contributed by atoms with Crippen LogP contribution in [0.5, 0.6) is 5.75 Å². The molecular weight excluding hydrogens is 242 g/mol. The fourth-order valence-electron chi connectivity index (χ4n) is 1.28. The van der Waals surface area contributed by atoms with E-state index in [2.05, 4.69) is 24.4 Å². The van der Waals surface area contributed by atoms with Gasteiger partial charge in [-0.05, 0) is 18.5 Å². The Morgan fingerprint density at radius 2 is 2.47 bits per heavy atom. The third kappa shape index (κ3) is 2.84. The van der Waals surface area contributed by atoms with Crippen LogP contribution in [0, 0.1) is 0 Å². The minimum atomic E-state index is 0.416. The van der Waals surface area contributed by atoms with Crippen molar-refractivity contribution in [2.75, 3.05) is 24.2 Å². The summed E-state index contributed by atoms with van der Waals surface area (Å²) in [6.45, 7) is 3.13. The molecule has 2 aromatic heterocycles. The summed E-state index contributed by atoms with van der Waals surface area (Å²) in [5.74, 6) is 1.69. The molecule has 17 heavy (non-hydrogen) atoms. The molecule has 3 N–H and O–H groups in total. The van der Waals surface area contributed by atoms with Crippen molar-refractivity contribution in [2.24, 2.45) is 0 Å². The molecule has 0 bridgehead atoms. The number of ether oxygens (including phenoxy) is 1. The second kappa shape index (κ2) is 5.48. The van der Waals surface area contributed by atoms with Crippen molar-refractivity contribution in [2.45, 2.75) is 13.3 Å². The molecule has 0 radical (unpaired) electrons. The number of nitrogens with two attached hydrogens (primary N) is 1. The van der Waals surface area contributed by atoms with Gasteiger partial charge in [-0.3, -0.25) is 0 Å². The van der Waals surface area contributed by atoms with Gasteiger partial charge in [-0.15, -0.1) is 0 Å². The van der Waals surface area contributed by atoms with E-state index in [0.29, 0.717) is 37.0 Å². The Hall–Kier alpha value is -1.83. The zero-order valence-electron chi connectivity index (χ0n) is 9.34. The van der Waals surface area contributed by atoms with Crippen LogP contribution < -0.4 is 15.8 Å². The molecule has 0 amide bonds. The average molecular weight is 255 g/mol. The maximum atomic E-state index is 5.69. The summed E-state index contributed by atoms with van der Waals surface area (Å²) in [5.41, 5.74) is 5.69. The Morgan fingerprint density at radius 3 is 3.18 bits per heavy atom. The van der Waals surface area contributed by atoms with E-state index >= 15 is 0 Å². The fraction of sp³-hybridized carbons (Fsp3) is 0.444. The monoisotopic (exact) mass is 255 g/mol. The van der Waals surface area contributed by atoms with Gasteiger partial charge < -0.3 is 20.3 Å².